The molecule has 0 spiro atoms. The smallest absolute Gasteiger partial charge is 0.323 e. The summed E-state index contributed by atoms with van der Waals surface area (Å²) in [6.45, 7) is 5.80. The lowest BCUT2D eigenvalue weighted by atomic mass is 10.0. The number of carboxylic acids is 1. The summed E-state index contributed by atoms with van der Waals surface area (Å²) in [6, 6.07) is 7.57. The average Bonchev–Trinajstić information content (AvgIpc) is 2.42. The zero-order valence-electron chi connectivity index (χ0n) is 12.8. The number of rotatable bonds is 4. The van der Waals surface area contributed by atoms with Crippen molar-refractivity contribution < 1.29 is 14.6 Å². The molecule has 0 fully saturated rings. The summed E-state index contributed by atoms with van der Waals surface area (Å²) in [6.07, 6.45) is 1.68. The fourth-order valence-electron chi connectivity index (χ4n) is 2.32. The van der Waals surface area contributed by atoms with Gasteiger partial charge in [0.2, 0.25) is 0 Å². The monoisotopic (exact) mass is 288 g/mol. The Morgan fingerprint density at radius 2 is 2.00 bits per heavy atom. The maximum Gasteiger partial charge on any atom is 0.323 e. The minimum Gasteiger partial charge on any atom is -0.496 e. The minimum absolute atomic E-state index is 0.104. The van der Waals surface area contributed by atoms with E-state index in [9.17, 15) is 9.90 Å². The Bertz CT molecular complexity index is 662. The van der Waals surface area contributed by atoms with Crippen molar-refractivity contribution in [2.75, 3.05) is 18.6 Å². The van der Waals surface area contributed by atoms with E-state index in [2.05, 4.69) is 4.98 Å². The van der Waals surface area contributed by atoms with Crippen LogP contribution in [0.3, 0.4) is 0 Å². The van der Waals surface area contributed by atoms with E-state index in [1.54, 1.807) is 18.2 Å². The van der Waals surface area contributed by atoms with Crippen LogP contribution >= 0.6 is 0 Å². The van der Waals surface area contributed by atoms with Gasteiger partial charge in [-0.1, -0.05) is 12.1 Å². The first-order valence-electron chi connectivity index (χ1n) is 6.75. The molecule has 2 aromatic rings. The van der Waals surface area contributed by atoms with Gasteiger partial charge in [0.15, 0.2) is 0 Å². The third-order valence-corrected chi connectivity index (χ3v) is 3.32. The van der Waals surface area contributed by atoms with E-state index in [0.717, 1.165) is 16.5 Å². The van der Waals surface area contributed by atoms with Crippen LogP contribution in [-0.4, -0.2) is 35.3 Å². The molecule has 0 saturated heterocycles. The molecule has 1 N–H and O–H groups in total. The van der Waals surface area contributed by atoms with Gasteiger partial charge in [-0.05, 0) is 32.9 Å². The van der Waals surface area contributed by atoms with Crippen LogP contribution in [0.15, 0.2) is 30.5 Å². The van der Waals surface area contributed by atoms with Gasteiger partial charge in [-0.25, -0.2) is 4.98 Å². The molecule has 1 aromatic heterocycles. The Morgan fingerprint density at radius 3 is 2.57 bits per heavy atom. The molecular weight excluding hydrogens is 268 g/mol. The molecule has 0 aliphatic heterocycles. The Morgan fingerprint density at radius 1 is 1.29 bits per heavy atom. The second kappa shape index (κ2) is 5.60. The number of fused-ring (bicyclic) bond motifs is 1. The highest BCUT2D eigenvalue weighted by Gasteiger charge is 2.26. The first-order chi connectivity index (χ1) is 9.84. The molecule has 5 heteroatoms. The highest BCUT2D eigenvalue weighted by molar-refractivity contribution is 5.97. The molecule has 0 bridgehead atoms. The number of hydrogen-bond acceptors (Lipinski definition) is 4. The Labute approximate surface area is 124 Å². The van der Waals surface area contributed by atoms with Gasteiger partial charge >= 0.3 is 5.97 Å². The van der Waals surface area contributed by atoms with Crippen molar-refractivity contribution in [2.45, 2.75) is 26.3 Å². The number of aliphatic carboxylic acids is 1. The lowest BCUT2D eigenvalue weighted by Gasteiger charge is -2.36. The number of anilines is 1. The lowest BCUT2D eigenvalue weighted by molar-refractivity contribution is -0.135. The summed E-state index contributed by atoms with van der Waals surface area (Å²) in [5, 5.41) is 11.0. The molecule has 5 nitrogen and oxygen atoms in total. The quantitative estimate of drug-likeness (QED) is 0.937. The number of ether oxygens (including phenoxy) is 1. The highest BCUT2D eigenvalue weighted by Crippen LogP contribution is 2.33. The highest BCUT2D eigenvalue weighted by atomic mass is 16.5. The van der Waals surface area contributed by atoms with Crippen LogP contribution in [0.5, 0.6) is 5.75 Å². The Hall–Kier alpha value is -2.30. The fraction of sp³-hybridized carbons (Fsp3) is 0.375. The standard InChI is InChI=1S/C16H20N2O3/c1-16(2,3)18(10-14(19)20)15-12-6-5-7-13(21-4)11(12)8-9-17-15/h5-9H,10H2,1-4H3,(H,19,20). The van der Waals surface area contributed by atoms with Gasteiger partial charge in [0.25, 0.3) is 0 Å². The number of nitrogens with zero attached hydrogens (tertiary/aromatic N) is 2. The number of benzene rings is 1. The van der Waals surface area contributed by atoms with Crippen molar-refractivity contribution in [2.24, 2.45) is 0 Å². The van der Waals surface area contributed by atoms with Crippen LogP contribution in [0.2, 0.25) is 0 Å². The second-order valence-electron chi connectivity index (χ2n) is 5.84. The van der Waals surface area contributed by atoms with Gasteiger partial charge in [0.05, 0.1) is 7.11 Å². The van der Waals surface area contributed by atoms with Gasteiger partial charge in [-0.3, -0.25) is 4.79 Å². The zero-order valence-corrected chi connectivity index (χ0v) is 12.8. The molecule has 21 heavy (non-hydrogen) atoms. The van der Waals surface area contributed by atoms with E-state index in [1.165, 1.54) is 0 Å². The SMILES string of the molecule is COc1cccc2c(N(CC(=O)O)C(C)(C)C)nccc12. The Kier molecular flexibility index (Phi) is 4.02. The molecule has 0 unspecified atom stereocenters. The van der Waals surface area contributed by atoms with E-state index in [-0.39, 0.29) is 12.1 Å². The largest absolute Gasteiger partial charge is 0.496 e. The maximum absolute atomic E-state index is 11.2. The van der Waals surface area contributed by atoms with E-state index in [4.69, 9.17) is 4.74 Å². The van der Waals surface area contributed by atoms with Crippen LogP contribution in [0.1, 0.15) is 20.8 Å². The van der Waals surface area contributed by atoms with Gasteiger partial charge in [0, 0.05) is 22.5 Å². The van der Waals surface area contributed by atoms with Crippen molar-refractivity contribution in [1.29, 1.82) is 0 Å². The van der Waals surface area contributed by atoms with Crippen LogP contribution in [0.4, 0.5) is 5.82 Å². The fourth-order valence-corrected chi connectivity index (χ4v) is 2.32. The van der Waals surface area contributed by atoms with Gasteiger partial charge in [-0.15, -0.1) is 0 Å². The predicted molar refractivity (Wildman–Crippen MR) is 83.0 cm³/mol. The summed E-state index contributed by atoms with van der Waals surface area (Å²) in [7, 11) is 1.62. The molecule has 0 atom stereocenters. The molecule has 0 aliphatic rings. The molecular formula is C16H20N2O3. The topological polar surface area (TPSA) is 62.7 Å². The number of aromatic nitrogens is 1. The van der Waals surface area contributed by atoms with Gasteiger partial charge in [-0.2, -0.15) is 0 Å². The van der Waals surface area contributed by atoms with E-state index < -0.39 is 5.97 Å². The van der Waals surface area contributed by atoms with Crippen molar-refractivity contribution in [3.63, 3.8) is 0 Å². The van der Waals surface area contributed by atoms with Crippen LogP contribution in [0, 0.1) is 0 Å². The normalized spacial score (nSPS) is 11.4. The molecule has 1 heterocycles. The second-order valence-corrected chi connectivity index (χ2v) is 5.84. The number of carbonyl (C=O) groups is 1. The number of methoxy groups -OCH3 is 1. The number of carboxylic acid groups (broad SMARTS) is 1. The molecule has 0 amide bonds. The summed E-state index contributed by atoms with van der Waals surface area (Å²) in [5.41, 5.74) is -0.358. The Balaban J connectivity index is 2.66. The molecule has 1 aromatic carbocycles. The summed E-state index contributed by atoms with van der Waals surface area (Å²) in [5.74, 6) is 0.522. The maximum atomic E-state index is 11.2. The third kappa shape index (κ3) is 3.07. The summed E-state index contributed by atoms with van der Waals surface area (Å²) >= 11 is 0. The lowest BCUT2D eigenvalue weighted by Crippen LogP contribution is -2.45. The summed E-state index contributed by atoms with van der Waals surface area (Å²) < 4.78 is 5.37. The van der Waals surface area contributed by atoms with Crippen molar-refractivity contribution in [3.05, 3.63) is 30.5 Å². The average molecular weight is 288 g/mol. The summed E-state index contributed by atoms with van der Waals surface area (Å²) in [4.78, 5) is 17.4. The first kappa shape index (κ1) is 15.1. The van der Waals surface area contributed by atoms with Crippen molar-refractivity contribution >= 4 is 22.6 Å². The number of pyridine rings is 1. The van der Waals surface area contributed by atoms with Crippen molar-refractivity contribution in [1.82, 2.24) is 4.98 Å². The third-order valence-electron chi connectivity index (χ3n) is 3.32. The minimum atomic E-state index is -0.883. The van der Waals surface area contributed by atoms with Gasteiger partial charge in [0.1, 0.15) is 18.1 Å². The van der Waals surface area contributed by atoms with E-state index in [0.29, 0.717) is 5.82 Å². The number of hydrogen-bond donors (Lipinski definition) is 1. The zero-order chi connectivity index (χ0) is 15.6. The van der Waals surface area contributed by atoms with Crippen LogP contribution in [0.25, 0.3) is 10.8 Å². The van der Waals surface area contributed by atoms with Crippen LogP contribution in [-0.2, 0) is 4.79 Å². The molecule has 0 saturated carbocycles. The van der Waals surface area contributed by atoms with E-state index >= 15 is 0 Å². The molecule has 2 rings (SSSR count). The predicted octanol–water partition coefficient (Wildman–Crippen LogP) is 2.93. The molecule has 0 radical (unpaired) electrons. The molecule has 112 valence electrons. The van der Waals surface area contributed by atoms with Crippen molar-refractivity contribution in [3.8, 4) is 5.75 Å². The van der Waals surface area contributed by atoms with E-state index in [1.807, 2.05) is 45.0 Å². The molecule has 0 aliphatic carbocycles. The van der Waals surface area contributed by atoms with Gasteiger partial charge < -0.3 is 14.7 Å². The van der Waals surface area contributed by atoms with Crippen LogP contribution < -0.4 is 9.64 Å². The first-order valence-corrected chi connectivity index (χ1v) is 6.75.